The first-order chi connectivity index (χ1) is 15.7. The monoisotopic (exact) mass is 448 g/mol. The average Bonchev–Trinajstić information content (AvgIpc) is 3.24. The van der Waals surface area contributed by atoms with E-state index in [4.69, 9.17) is 4.74 Å². The number of thioether (sulfide) groups is 1. The van der Waals surface area contributed by atoms with Gasteiger partial charge in [-0.25, -0.2) is 4.39 Å². The van der Waals surface area contributed by atoms with Crippen LogP contribution in [-0.2, 0) is 4.79 Å². The minimum absolute atomic E-state index is 0.0999. The van der Waals surface area contributed by atoms with Gasteiger partial charge in [0.1, 0.15) is 11.6 Å². The molecule has 162 valence electrons. The molecule has 0 saturated heterocycles. The third-order valence-corrected chi connectivity index (χ3v) is 5.48. The number of aromatic nitrogens is 3. The molecule has 1 heterocycles. The molecular weight excluding hydrogens is 427 g/mol. The van der Waals surface area contributed by atoms with Gasteiger partial charge in [-0.2, -0.15) is 0 Å². The van der Waals surface area contributed by atoms with Crippen molar-refractivity contribution in [3.8, 4) is 22.8 Å². The third kappa shape index (κ3) is 4.81. The highest BCUT2D eigenvalue weighted by Crippen LogP contribution is 2.30. The molecular formula is C24H21FN4O2S. The second-order valence-corrected chi connectivity index (χ2v) is 7.67. The summed E-state index contributed by atoms with van der Waals surface area (Å²) >= 11 is 1.22. The van der Waals surface area contributed by atoms with E-state index in [1.807, 2.05) is 49.4 Å². The van der Waals surface area contributed by atoms with Crippen LogP contribution in [-0.4, -0.2) is 33.0 Å². The van der Waals surface area contributed by atoms with Crippen LogP contribution in [0.25, 0.3) is 17.1 Å². The number of benzene rings is 3. The van der Waals surface area contributed by atoms with Crippen molar-refractivity contribution in [3.63, 3.8) is 0 Å². The lowest BCUT2D eigenvalue weighted by atomic mass is 10.2. The Hall–Kier alpha value is -3.65. The largest absolute Gasteiger partial charge is 0.492 e. The standard InChI is InChI=1S/C24H21FN4O2S/c1-2-31-21-15-9-8-14-20(21)26-22(30)16-32-24-28-27-23(18-12-6-7-13-19(18)25)29(24)17-10-4-3-5-11-17/h3-15H,2,16H2,1H3,(H,26,30). The van der Waals surface area contributed by atoms with Crippen LogP contribution in [0, 0.1) is 5.82 Å². The van der Waals surface area contributed by atoms with Gasteiger partial charge in [0.25, 0.3) is 0 Å². The number of para-hydroxylation sites is 3. The predicted molar refractivity (Wildman–Crippen MR) is 124 cm³/mol. The Balaban J connectivity index is 1.58. The van der Waals surface area contributed by atoms with Crippen molar-refractivity contribution in [1.29, 1.82) is 0 Å². The van der Waals surface area contributed by atoms with Crippen molar-refractivity contribution in [1.82, 2.24) is 14.8 Å². The minimum atomic E-state index is -0.390. The van der Waals surface area contributed by atoms with E-state index >= 15 is 0 Å². The maximum absolute atomic E-state index is 14.5. The number of nitrogens with one attached hydrogen (secondary N) is 1. The number of amides is 1. The van der Waals surface area contributed by atoms with Gasteiger partial charge in [-0.05, 0) is 43.3 Å². The smallest absolute Gasteiger partial charge is 0.234 e. The van der Waals surface area contributed by atoms with Gasteiger partial charge in [-0.15, -0.1) is 10.2 Å². The molecule has 3 aromatic carbocycles. The first-order valence-electron chi connectivity index (χ1n) is 10.1. The molecule has 1 amide bonds. The summed E-state index contributed by atoms with van der Waals surface area (Å²) in [5.74, 6) is 0.487. The van der Waals surface area contributed by atoms with E-state index in [-0.39, 0.29) is 17.5 Å². The van der Waals surface area contributed by atoms with Crippen LogP contribution in [0.15, 0.2) is 84.0 Å². The summed E-state index contributed by atoms with van der Waals surface area (Å²) in [5, 5.41) is 11.8. The maximum Gasteiger partial charge on any atom is 0.234 e. The molecule has 1 N–H and O–H groups in total. The fourth-order valence-electron chi connectivity index (χ4n) is 3.16. The highest BCUT2D eigenvalue weighted by atomic mass is 32.2. The molecule has 0 bridgehead atoms. The van der Waals surface area contributed by atoms with Crippen molar-refractivity contribution >= 4 is 23.4 Å². The Kier molecular flexibility index (Phi) is 6.81. The molecule has 0 radical (unpaired) electrons. The molecule has 32 heavy (non-hydrogen) atoms. The van der Waals surface area contributed by atoms with Crippen LogP contribution in [0.2, 0.25) is 0 Å². The van der Waals surface area contributed by atoms with E-state index < -0.39 is 0 Å². The van der Waals surface area contributed by atoms with Gasteiger partial charge in [0, 0.05) is 5.69 Å². The van der Waals surface area contributed by atoms with Gasteiger partial charge in [0.2, 0.25) is 5.91 Å². The summed E-state index contributed by atoms with van der Waals surface area (Å²) in [6.45, 7) is 2.39. The first kappa shape index (κ1) is 21.6. The first-order valence-corrected chi connectivity index (χ1v) is 11.1. The molecule has 6 nitrogen and oxygen atoms in total. The number of carbonyl (C=O) groups is 1. The number of carbonyl (C=O) groups excluding carboxylic acids is 1. The number of rotatable bonds is 8. The lowest BCUT2D eigenvalue weighted by molar-refractivity contribution is -0.113. The summed E-state index contributed by atoms with van der Waals surface area (Å²) in [6.07, 6.45) is 0. The van der Waals surface area contributed by atoms with Crippen molar-refractivity contribution in [2.45, 2.75) is 12.1 Å². The molecule has 0 unspecified atom stereocenters. The van der Waals surface area contributed by atoms with Crippen LogP contribution >= 0.6 is 11.8 Å². The molecule has 0 aliphatic carbocycles. The Morgan fingerprint density at radius 1 is 1.00 bits per heavy atom. The van der Waals surface area contributed by atoms with Gasteiger partial charge in [0.05, 0.1) is 23.6 Å². The lowest BCUT2D eigenvalue weighted by Gasteiger charge is -2.12. The molecule has 0 saturated carbocycles. The zero-order valence-corrected chi connectivity index (χ0v) is 18.2. The zero-order valence-electron chi connectivity index (χ0n) is 17.4. The summed E-state index contributed by atoms with van der Waals surface area (Å²) in [4.78, 5) is 12.6. The SMILES string of the molecule is CCOc1ccccc1NC(=O)CSc1nnc(-c2ccccc2F)n1-c1ccccc1. The minimum Gasteiger partial charge on any atom is -0.492 e. The van der Waals surface area contributed by atoms with E-state index in [2.05, 4.69) is 15.5 Å². The molecule has 8 heteroatoms. The highest BCUT2D eigenvalue weighted by Gasteiger charge is 2.19. The number of hydrogen-bond donors (Lipinski definition) is 1. The fraction of sp³-hybridized carbons (Fsp3) is 0.125. The van der Waals surface area contributed by atoms with Crippen molar-refractivity contribution in [2.24, 2.45) is 0 Å². The van der Waals surface area contributed by atoms with Gasteiger partial charge < -0.3 is 10.1 Å². The third-order valence-electron chi connectivity index (χ3n) is 4.56. The topological polar surface area (TPSA) is 69.0 Å². The van der Waals surface area contributed by atoms with Gasteiger partial charge in [-0.3, -0.25) is 9.36 Å². The molecule has 0 atom stereocenters. The number of ether oxygens (including phenoxy) is 1. The molecule has 0 fully saturated rings. The van der Waals surface area contributed by atoms with E-state index in [0.717, 1.165) is 5.69 Å². The number of hydrogen-bond acceptors (Lipinski definition) is 5. The van der Waals surface area contributed by atoms with E-state index in [0.29, 0.717) is 34.6 Å². The van der Waals surface area contributed by atoms with Crippen molar-refractivity contribution in [2.75, 3.05) is 17.7 Å². The quantitative estimate of drug-likeness (QED) is 0.375. The molecule has 0 spiro atoms. The molecule has 1 aromatic heterocycles. The summed E-state index contributed by atoms with van der Waals surface area (Å²) in [5.41, 5.74) is 1.72. The van der Waals surface area contributed by atoms with Gasteiger partial charge in [0.15, 0.2) is 11.0 Å². The van der Waals surface area contributed by atoms with Crippen LogP contribution < -0.4 is 10.1 Å². The highest BCUT2D eigenvalue weighted by molar-refractivity contribution is 7.99. The van der Waals surface area contributed by atoms with E-state index in [1.165, 1.54) is 17.8 Å². The number of anilines is 1. The van der Waals surface area contributed by atoms with Crippen LogP contribution in [0.3, 0.4) is 0 Å². The van der Waals surface area contributed by atoms with Crippen LogP contribution in [0.5, 0.6) is 5.75 Å². The van der Waals surface area contributed by atoms with Gasteiger partial charge in [-0.1, -0.05) is 54.2 Å². The average molecular weight is 449 g/mol. The second-order valence-electron chi connectivity index (χ2n) is 6.72. The van der Waals surface area contributed by atoms with Crippen molar-refractivity contribution in [3.05, 3.63) is 84.7 Å². The fourth-order valence-corrected chi connectivity index (χ4v) is 3.91. The summed E-state index contributed by atoms with van der Waals surface area (Å²) in [6, 6.07) is 23.1. The van der Waals surface area contributed by atoms with Gasteiger partial charge >= 0.3 is 0 Å². The summed E-state index contributed by atoms with van der Waals surface area (Å²) < 4.78 is 21.8. The number of nitrogens with zero attached hydrogens (tertiary/aromatic N) is 3. The maximum atomic E-state index is 14.5. The Labute approximate surface area is 189 Å². The second kappa shape index (κ2) is 10.1. The lowest BCUT2D eigenvalue weighted by Crippen LogP contribution is -2.15. The van der Waals surface area contributed by atoms with Crippen molar-refractivity contribution < 1.29 is 13.9 Å². The van der Waals surface area contributed by atoms with E-state index in [1.54, 1.807) is 34.9 Å². The predicted octanol–water partition coefficient (Wildman–Crippen LogP) is 5.20. The van der Waals surface area contributed by atoms with Crippen LogP contribution in [0.4, 0.5) is 10.1 Å². The van der Waals surface area contributed by atoms with E-state index in [9.17, 15) is 9.18 Å². The summed E-state index contributed by atoms with van der Waals surface area (Å²) in [7, 11) is 0. The molecule has 0 aliphatic heterocycles. The Bertz CT molecular complexity index is 1210. The molecule has 0 aliphatic rings. The Morgan fingerprint density at radius 3 is 2.50 bits per heavy atom. The normalized spacial score (nSPS) is 10.7. The molecule has 4 rings (SSSR count). The van der Waals surface area contributed by atoms with Crippen LogP contribution in [0.1, 0.15) is 6.92 Å². The number of halogens is 1. The zero-order chi connectivity index (χ0) is 22.3. The Morgan fingerprint density at radius 2 is 1.72 bits per heavy atom. The molecule has 4 aromatic rings.